The summed E-state index contributed by atoms with van der Waals surface area (Å²) in [6.07, 6.45) is 3.43. The topological polar surface area (TPSA) is 81.0 Å². The number of piperidine rings is 1. The molecule has 1 aliphatic rings. The van der Waals surface area contributed by atoms with E-state index in [1.807, 2.05) is 22.8 Å². The molecule has 2 heterocycles. The molecule has 0 unspecified atom stereocenters. The molecule has 5 rings (SSSR count). The highest BCUT2D eigenvalue weighted by Crippen LogP contribution is 2.35. The Labute approximate surface area is 226 Å². The van der Waals surface area contributed by atoms with Crippen LogP contribution in [0.25, 0.3) is 16.6 Å². The number of hydrogen-bond acceptors (Lipinski definition) is 5. The number of nitrogens with zero attached hydrogens (tertiary/aromatic N) is 2. The number of anilines is 1. The third kappa shape index (κ3) is 5.34. The molecule has 196 valence electrons. The average molecular weight is 533 g/mol. The van der Waals surface area contributed by atoms with Crippen LogP contribution in [0.1, 0.15) is 42.2 Å². The van der Waals surface area contributed by atoms with Crippen molar-refractivity contribution in [2.24, 2.45) is 0 Å². The quantitative estimate of drug-likeness (QED) is 0.249. The summed E-state index contributed by atoms with van der Waals surface area (Å²) in [5.41, 5.74) is 2.98. The molecule has 0 amide bonds. The minimum atomic E-state index is -1.12. The van der Waals surface area contributed by atoms with Crippen LogP contribution >= 0.6 is 11.6 Å². The zero-order chi connectivity index (χ0) is 26.6. The summed E-state index contributed by atoms with van der Waals surface area (Å²) in [5.74, 6) is -0.559. The maximum atomic E-state index is 12.6. The van der Waals surface area contributed by atoms with Crippen molar-refractivity contribution in [1.82, 2.24) is 4.57 Å². The first-order valence-electron chi connectivity index (χ1n) is 12.8. The number of esters is 1. The Hall–Kier alpha value is -3.97. The Morgan fingerprint density at radius 2 is 1.55 bits per heavy atom. The van der Waals surface area contributed by atoms with Crippen molar-refractivity contribution in [2.45, 2.75) is 32.6 Å². The fraction of sp³-hybridized carbons (Fsp3) is 0.267. The molecule has 0 radical (unpaired) electrons. The van der Waals surface area contributed by atoms with Gasteiger partial charge in [0, 0.05) is 40.6 Å². The Morgan fingerprint density at radius 3 is 2.21 bits per heavy atom. The summed E-state index contributed by atoms with van der Waals surface area (Å²) in [7, 11) is 0. The van der Waals surface area contributed by atoms with E-state index in [1.165, 1.54) is 19.3 Å². The highest BCUT2D eigenvalue weighted by molar-refractivity contribution is 6.30. The lowest BCUT2D eigenvalue weighted by molar-refractivity contribution is -0.142. The molecule has 1 saturated heterocycles. The second-order valence-corrected chi connectivity index (χ2v) is 9.68. The fourth-order valence-corrected chi connectivity index (χ4v) is 5.17. The van der Waals surface area contributed by atoms with E-state index in [9.17, 15) is 14.7 Å². The van der Waals surface area contributed by atoms with Crippen molar-refractivity contribution in [3.63, 3.8) is 0 Å². The molecule has 1 fully saturated rings. The zero-order valence-corrected chi connectivity index (χ0v) is 21.9. The van der Waals surface area contributed by atoms with E-state index in [2.05, 4.69) is 17.0 Å². The van der Waals surface area contributed by atoms with E-state index in [-0.39, 0.29) is 18.6 Å². The number of carboxylic acids is 1. The number of ether oxygens (including phenoxy) is 2. The minimum absolute atomic E-state index is 0.0507. The number of carbonyl (C=O) groups is 2. The van der Waals surface area contributed by atoms with Crippen LogP contribution in [0.2, 0.25) is 5.02 Å². The van der Waals surface area contributed by atoms with Crippen LogP contribution < -0.4 is 9.64 Å². The molecule has 0 aliphatic carbocycles. The largest absolute Gasteiger partial charge is 0.478 e. The van der Waals surface area contributed by atoms with Crippen molar-refractivity contribution in [1.29, 1.82) is 0 Å². The Bertz CT molecular complexity index is 1460. The van der Waals surface area contributed by atoms with Gasteiger partial charge in [0.1, 0.15) is 11.5 Å². The van der Waals surface area contributed by atoms with Gasteiger partial charge in [0.15, 0.2) is 0 Å². The number of carbonyl (C=O) groups excluding carboxylic acids is 1. The fourth-order valence-electron chi connectivity index (χ4n) is 5.04. The summed E-state index contributed by atoms with van der Waals surface area (Å²) < 4.78 is 13.0. The number of aromatic carboxylic acids is 1. The molecule has 1 N–H and O–H groups in total. The summed E-state index contributed by atoms with van der Waals surface area (Å²) in [4.78, 5) is 27.5. The lowest BCUT2D eigenvalue weighted by Crippen LogP contribution is -2.29. The van der Waals surface area contributed by atoms with E-state index >= 15 is 0 Å². The van der Waals surface area contributed by atoms with Gasteiger partial charge in [-0.25, -0.2) is 4.79 Å². The summed E-state index contributed by atoms with van der Waals surface area (Å²) in [5, 5.41) is 11.3. The highest BCUT2D eigenvalue weighted by atomic mass is 35.5. The van der Waals surface area contributed by atoms with Crippen LogP contribution in [-0.4, -0.2) is 41.3 Å². The first kappa shape index (κ1) is 25.7. The molecule has 0 bridgehead atoms. The third-order valence-corrected chi connectivity index (χ3v) is 7.00. The lowest BCUT2D eigenvalue weighted by atomic mass is 10.1. The van der Waals surface area contributed by atoms with Crippen molar-refractivity contribution < 1.29 is 24.2 Å². The molecule has 1 aliphatic heterocycles. The van der Waals surface area contributed by atoms with Crippen LogP contribution in [0.15, 0.2) is 66.7 Å². The van der Waals surface area contributed by atoms with Gasteiger partial charge >= 0.3 is 11.9 Å². The molecule has 7 nitrogen and oxygen atoms in total. The Balaban J connectivity index is 1.61. The van der Waals surface area contributed by atoms with Gasteiger partial charge in [0.05, 0.1) is 24.1 Å². The van der Waals surface area contributed by atoms with E-state index in [0.717, 1.165) is 24.5 Å². The number of carboxylic acid groups (broad SMARTS) is 1. The van der Waals surface area contributed by atoms with Gasteiger partial charge in [-0.05, 0) is 92.9 Å². The SMILES string of the molecule is CCOC(=O)Cc1c(C(=O)O)c2cc(Oc3ccc(Cl)cc3)ccc2n1-c1ccc(N2CCCCC2)cc1. The number of fused-ring (bicyclic) bond motifs is 1. The summed E-state index contributed by atoms with van der Waals surface area (Å²) in [6.45, 7) is 4.00. The highest BCUT2D eigenvalue weighted by Gasteiger charge is 2.26. The van der Waals surface area contributed by atoms with E-state index in [0.29, 0.717) is 33.1 Å². The van der Waals surface area contributed by atoms with Crippen LogP contribution in [0.5, 0.6) is 11.5 Å². The van der Waals surface area contributed by atoms with Gasteiger partial charge in [0.2, 0.25) is 0 Å². The second kappa shape index (κ2) is 11.2. The van der Waals surface area contributed by atoms with E-state index in [4.69, 9.17) is 21.1 Å². The van der Waals surface area contributed by atoms with Crippen molar-refractivity contribution in [3.05, 3.63) is 83.0 Å². The number of benzene rings is 3. The van der Waals surface area contributed by atoms with Gasteiger partial charge in [-0.15, -0.1) is 0 Å². The molecule has 8 heteroatoms. The van der Waals surface area contributed by atoms with Crippen molar-refractivity contribution in [2.75, 3.05) is 24.6 Å². The molecule has 38 heavy (non-hydrogen) atoms. The van der Waals surface area contributed by atoms with Crippen LogP contribution in [-0.2, 0) is 16.0 Å². The maximum Gasteiger partial charge on any atom is 0.338 e. The van der Waals surface area contributed by atoms with Gasteiger partial charge < -0.3 is 24.0 Å². The number of halogens is 1. The second-order valence-electron chi connectivity index (χ2n) is 9.24. The molecule has 1 aromatic heterocycles. The summed E-state index contributed by atoms with van der Waals surface area (Å²) in [6, 6.07) is 20.3. The number of aromatic nitrogens is 1. The third-order valence-electron chi connectivity index (χ3n) is 6.75. The standard InChI is InChI=1S/C30H29ClN2O5/c1-2-37-28(34)19-27-29(30(35)36)25-18-24(38-23-12-6-20(31)7-13-23)14-15-26(25)33(27)22-10-8-21(9-11-22)32-16-4-3-5-17-32/h6-15,18H,2-5,16-17,19H2,1H3,(H,35,36). The van der Waals surface area contributed by atoms with Gasteiger partial charge in [-0.2, -0.15) is 0 Å². The van der Waals surface area contributed by atoms with Gasteiger partial charge in [-0.1, -0.05) is 11.6 Å². The number of hydrogen-bond donors (Lipinski definition) is 1. The van der Waals surface area contributed by atoms with Gasteiger partial charge in [0.25, 0.3) is 0 Å². The molecule has 0 atom stereocenters. The molecule has 0 spiro atoms. The monoisotopic (exact) mass is 532 g/mol. The van der Waals surface area contributed by atoms with E-state index < -0.39 is 11.9 Å². The lowest BCUT2D eigenvalue weighted by Gasteiger charge is -2.29. The normalized spacial score (nSPS) is 13.5. The Kier molecular flexibility index (Phi) is 7.56. The van der Waals surface area contributed by atoms with Crippen LogP contribution in [0.3, 0.4) is 0 Å². The summed E-state index contributed by atoms with van der Waals surface area (Å²) >= 11 is 5.98. The Morgan fingerprint density at radius 1 is 0.895 bits per heavy atom. The number of rotatable bonds is 8. The average Bonchev–Trinajstić information content (AvgIpc) is 3.23. The van der Waals surface area contributed by atoms with Gasteiger partial charge in [-0.3, -0.25) is 4.79 Å². The molecule has 0 saturated carbocycles. The molecular weight excluding hydrogens is 504 g/mol. The predicted octanol–water partition coefficient (Wildman–Crippen LogP) is 6.87. The molecular formula is C30H29ClN2O5. The van der Waals surface area contributed by atoms with E-state index in [1.54, 1.807) is 43.3 Å². The van der Waals surface area contributed by atoms with Crippen LogP contribution in [0, 0.1) is 0 Å². The molecule has 3 aromatic carbocycles. The van der Waals surface area contributed by atoms with Crippen molar-refractivity contribution in [3.8, 4) is 17.2 Å². The maximum absolute atomic E-state index is 12.6. The zero-order valence-electron chi connectivity index (χ0n) is 21.2. The first-order valence-corrected chi connectivity index (χ1v) is 13.2. The smallest absolute Gasteiger partial charge is 0.338 e. The minimum Gasteiger partial charge on any atom is -0.478 e. The molecule has 4 aromatic rings. The van der Waals surface area contributed by atoms with Crippen molar-refractivity contribution >= 4 is 40.1 Å². The first-order chi connectivity index (χ1) is 18.4. The predicted molar refractivity (Wildman–Crippen MR) is 148 cm³/mol. The van der Waals surface area contributed by atoms with Crippen LogP contribution in [0.4, 0.5) is 5.69 Å².